The summed E-state index contributed by atoms with van der Waals surface area (Å²) in [6.07, 6.45) is 3.27. The first-order chi connectivity index (χ1) is 8.11. The van der Waals surface area contributed by atoms with Crippen LogP contribution in [0, 0.1) is 0 Å². The smallest absolute Gasteiger partial charge is 0.352 e. The topological polar surface area (TPSA) is 91.4 Å². The molecule has 3 rings (SSSR count). The number of hydrogen-bond acceptors (Lipinski definition) is 3. The third-order valence-electron chi connectivity index (χ3n) is 3.38. The molecule has 1 aliphatic carbocycles. The number of amides is 1. The Morgan fingerprint density at radius 2 is 2.12 bits per heavy atom. The van der Waals surface area contributed by atoms with Crippen molar-refractivity contribution < 1.29 is 19.4 Å². The highest BCUT2D eigenvalue weighted by Crippen LogP contribution is 2.41. The lowest BCUT2D eigenvalue weighted by molar-refractivity contribution is -0.132. The lowest BCUT2D eigenvalue weighted by atomic mass is 10.00. The van der Waals surface area contributed by atoms with E-state index in [9.17, 15) is 9.59 Å². The number of carbonyl (C=O) groups is 2. The maximum absolute atomic E-state index is 12.0. The van der Waals surface area contributed by atoms with Crippen LogP contribution in [0.1, 0.15) is 36.2 Å². The van der Waals surface area contributed by atoms with Crippen molar-refractivity contribution in [1.82, 2.24) is 4.98 Å². The van der Waals surface area contributed by atoms with Crippen LogP contribution in [0.4, 0.5) is 5.69 Å². The molecule has 0 aromatic carbocycles. The van der Waals surface area contributed by atoms with Crippen LogP contribution < -0.4 is 10.1 Å². The van der Waals surface area contributed by atoms with Gasteiger partial charge in [-0.15, -0.1) is 0 Å². The first kappa shape index (κ1) is 10.2. The summed E-state index contributed by atoms with van der Waals surface area (Å²) in [5, 5.41) is 11.6. The molecule has 2 heterocycles. The molecule has 0 unspecified atom stereocenters. The van der Waals surface area contributed by atoms with Gasteiger partial charge in [0.15, 0.2) is 5.60 Å². The summed E-state index contributed by atoms with van der Waals surface area (Å²) < 4.78 is 5.69. The number of ether oxygens (including phenoxy) is 1. The summed E-state index contributed by atoms with van der Waals surface area (Å²) in [6, 6.07) is 1.37. The zero-order valence-corrected chi connectivity index (χ0v) is 9.08. The number of fused-ring (bicyclic) bond motifs is 1. The molecule has 3 N–H and O–H groups in total. The number of aromatic amines is 1. The molecule has 2 aliphatic rings. The number of rotatable bonds is 1. The predicted octanol–water partition coefficient (Wildman–Crippen LogP) is 1.36. The van der Waals surface area contributed by atoms with Gasteiger partial charge < -0.3 is 20.1 Å². The van der Waals surface area contributed by atoms with Gasteiger partial charge >= 0.3 is 5.97 Å². The molecule has 90 valence electrons. The summed E-state index contributed by atoms with van der Waals surface area (Å²) in [7, 11) is 0. The van der Waals surface area contributed by atoms with Crippen molar-refractivity contribution in [2.24, 2.45) is 0 Å². The van der Waals surface area contributed by atoms with E-state index >= 15 is 0 Å². The zero-order chi connectivity index (χ0) is 12.0. The molecule has 6 heteroatoms. The van der Waals surface area contributed by atoms with Gasteiger partial charge in [0, 0.05) is 0 Å². The van der Waals surface area contributed by atoms with E-state index in [0.717, 1.165) is 12.8 Å². The fourth-order valence-corrected chi connectivity index (χ4v) is 2.48. The number of aromatic carboxylic acids is 1. The molecule has 1 aliphatic heterocycles. The van der Waals surface area contributed by atoms with Crippen molar-refractivity contribution in [3.63, 3.8) is 0 Å². The van der Waals surface area contributed by atoms with E-state index in [1.165, 1.54) is 6.07 Å². The number of H-pyrrole nitrogens is 1. The van der Waals surface area contributed by atoms with E-state index in [-0.39, 0.29) is 11.6 Å². The van der Waals surface area contributed by atoms with Gasteiger partial charge in [-0.2, -0.15) is 0 Å². The fourth-order valence-electron chi connectivity index (χ4n) is 2.48. The Morgan fingerprint density at radius 1 is 1.41 bits per heavy atom. The summed E-state index contributed by atoms with van der Waals surface area (Å²) in [5.74, 6) is -0.889. The van der Waals surface area contributed by atoms with Gasteiger partial charge in [0.05, 0.1) is 0 Å². The van der Waals surface area contributed by atoms with Gasteiger partial charge in [-0.05, 0) is 31.7 Å². The van der Waals surface area contributed by atoms with Gasteiger partial charge in [-0.1, -0.05) is 0 Å². The van der Waals surface area contributed by atoms with Gasteiger partial charge in [-0.3, -0.25) is 4.79 Å². The Morgan fingerprint density at radius 3 is 2.76 bits per heavy atom. The van der Waals surface area contributed by atoms with Crippen LogP contribution in [0.25, 0.3) is 0 Å². The van der Waals surface area contributed by atoms with Gasteiger partial charge in [0.25, 0.3) is 5.91 Å². The van der Waals surface area contributed by atoms with Crippen LogP contribution in [0.2, 0.25) is 0 Å². The van der Waals surface area contributed by atoms with Crippen molar-refractivity contribution in [2.45, 2.75) is 31.3 Å². The molecule has 1 amide bonds. The van der Waals surface area contributed by atoms with Crippen LogP contribution in [-0.2, 0) is 4.79 Å². The monoisotopic (exact) mass is 236 g/mol. The van der Waals surface area contributed by atoms with Gasteiger partial charge in [-0.25, -0.2) is 4.79 Å². The number of carboxylic acid groups (broad SMARTS) is 1. The molecule has 1 fully saturated rings. The first-order valence-electron chi connectivity index (χ1n) is 5.57. The van der Waals surface area contributed by atoms with Crippen molar-refractivity contribution in [3.8, 4) is 5.88 Å². The minimum Gasteiger partial charge on any atom is -0.477 e. The maximum atomic E-state index is 12.0. The maximum Gasteiger partial charge on any atom is 0.352 e. The normalized spacial score (nSPS) is 20.8. The summed E-state index contributed by atoms with van der Waals surface area (Å²) in [4.78, 5) is 25.4. The van der Waals surface area contributed by atoms with Crippen LogP contribution in [0.15, 0.2) is 6.07 Å². The lowest BCUT2D eigenvalue weighted by Crippen LogP contribution is -2.48. The number of carbonyl (C=O) groups excluding carboxylic acids is 1. The second-order valence-corrected chi connectivity index (χ2v) is 4.49. The van der Waals surface area contributed by atoms with Crippen LogP contribution in [0.5, 0.6) is 5.88 Å². The SMILES string of the molecule is O=C(O)c1cc2c([nH]1)OC1(CCCC1)C(=O)N2. The highest BCUT2D eigenvalue weighted by atomic mass is 16.5. The molecule has 0 atom stereocenters. The van der Waals surface area contributed by atoms with E-state index < -0.39 is 11.6 Å². The first-order valence-corrected chi connectivity index (χ1v) is 5.57. The number of hydrogen-bond donors (Lipinski definition) is 3. The molecule has 1 spiro atoms. The van der Waals surface area contributed by atoms with E-state index in [1.807, 2.05) is 0 Å². The van der Waals surface area contributed by atoms with Gasteiger partial charge in [0.2, 0.25) is 5.88 Å². The number of anilines is 1. The van der Waals surface area contributed by atoms with Crippen molar-refractivity contribution in [2.75, 3.05) is 5.32 Å². The van der Waals surface area contributed by atoms with Crippen LogP contribution >= 0.6 is 0 Å². The molecule has 1 aromatic heterocycles. The Balaban J connectivity index is 1.99. The lowest BCUT2D eigenvalue weighted by Gasteiger charge is -2.32. The Kier molecular flexibility index (Phi) is 1.95. The molecule has 0 radical (unpaired) electrons. The predicted molar refractivity (Wildman–Crippen MR) is 58.2 cm³/mol. The number of nitrogens with one attached hydrogen (secondary N) is 2. The second-order valence-electron chi connectivity index (χ2n) is 4.49. The molecule has 1 saturated carbocycles. The van der Waals surface area contributed by atoms with Crippen LogP contribution in [0.3, 0.4) is 0 Å². The molecule has 6 nitrogen and oxygen atoms in total. The zero-order valence-electron chi connectivity index (χ0n) is 9.08. The highest BCUT2D eigenvalue weighted by Gasteiger charge is 2.47. The third-order valence-corrected chi connectivity index (χ3v) is 3.38. The molecular formula is C11H12N2O4. The largest absolute Gasteiger partial charge is 0.477 e. The minimum atomic E-state index is -1.07. The molecule has 0 saturated heterocycles. The molecule has 1 aromatic rings. The summed E-state index contributed by atoms with van der Waals surface area (Å²) in [6.45, 7) is 0. The quantitative estimate of drug-likeness (QED) is 0.686. The van der Waals surface area contributed by atoms with Crippen LogP contribution in [-0.4, -0.2) is 27.6 Å². The van der Waals surface area contributed by atoms with Crippen molar-refractivity contribution >= 4 is 17.6 Å². The average Bonchev–Trinajstić information content (AvgIpc) is 2.87. The summed E-state index contributed by atoms with van der Waals surface area (Å²) >= 11 is 0. The number of aromatic nitrogens is 1. The van der Waals surface area contributed by atoms with Gasteiger partial charge in [0.1, 0.15) is 11.4 Å². The molecule has 17 heavy (non-hydrogen) atoms. The van der Waals surface area contributed by atoms with E-state index in [0.29, 0.717) is 24.4 Å². The number of carboxylic acids is 1. The highest BCUT2D eigenvalue weighted by molar-refractivity contribution is 6.02. The standard InChI is InChI=1S/C11H12N2O4/c14-9(15)7-5-6-8(12-7)17-11(10(16)13-6)3-1-2-4-11/h5,12H,1-4H2,(H,13,16)(H,14,15). The Bertz CT molecular complexity index is 500. The minimum absolute atomic E-state index is 0.0188. The fraction of sp³-hybridized carbons (Fsp3) is 0.455. The van der Waals surface area contributed by atoms with Crippen molar-refractivity contribution in [3.05, 3.63) is 11.8 Å². The van der Waals surface area contributed by atoms with E-state index in [1.54, 1.807) is 0 Å². The average molecular weight is 236 g/mol. The Hall–Kier alpha value is -1.98. The Labute approximate surface area is 97.0 Å². The summed E-state index contributed by atoms with van der Waals surface area (Å²) in [5.41, 5.74) is -0.372. The molecule has 0 bridgehead atoms. The van der Waals surface area contributed by atoms with E-state index in [2.05, 4.69) is 10.3 Å². The second kappa shape index (κ2) is 3.26. The van der Waals surface area contributed by atoms with E-state index in [4.69, 9.17) is 9.84 Å². The van der Waals surface area contributed by atoms with Crippen molar-refractivity contribution in [1.29, 1.82) is 0 Å². The third kappa shape index (κ3) is 1.40. The molecular weight excluding hydrogens is 224 g/mol.